The van der Waals surface area contributed by atoms with Crippen LogP contribution in [0.25, 0.3) is 0 Å². The molecule has 0 spiro atoms. The van der Waals surface area contributed by atoms with Gasteiger partial charge in [-0.25, -0.2) is 43.9 Å². The summed E-state index contributed by atoms with van der Waals surface area (Å²) in [5.41, 5.74) is 3.23. The summed E-state index contributed by atoms with van der Waals surface area (Å²) in [6, 6.07) is 0. The second kappa shape index (κ2) is 32.6. The minimum absolute atomic E-state index is 0.00246. The third kappa shape index (κ3) is 19.6. The Morgan fingerprint density at radius 1 is 0.459 bits per heavy atom. The molecule has 0 heterocycles. The molecule has 0 radical (unpaired) electrons. The van der Waals surface area contributed by atoms with Gasteiger partial charge in [-0.1, -0.05) is 44.5 Å². The van der Waals surface area contributed by atoms with Crippen molar-refractivity contribution in [2.45, 2.75) is 82.6 Å². The van der Waals surface area contributed by atoms with Gasteiger partial charge >= 0.3 is 0 Å². The van der Waals surface area contributed by atoms with Crippen LogP contribution in [-0.2, 0) is 39.7 Å². The fraction of sp³-hybridized carbons (Fsp3) is 0.500. The number of carbonyl (C=O) groups is 2. The van der Waals surface area contributed by atoms with Crippen molar-refractivity contribution in [3.63, 3.8) is 0 Å². The van der Waals surface area contributed by atoms with Crippen LogP contribution in [-0.4, -0.2) is 89.8 Å². The molecule has 3 aromatic rings. The fourth-order valence-electron chi connectivity index (χ4n) is 6.84. The maximum Gasteiger partial charge on any atom is 0.220 e. The number of Topliss-reactive ketones (excluding diaryl/α,β-unsaturated/α-hetero) is 1. The number of carbonyl (C=O) groups excluding carboxylic acids is 2. The van der Waals surface area contributed by atoms with Gasteiger partial charge in [0.1, 0.15) is 5.78 Å². The topological polar surface area (TPSA) is 137 Å². The first-order chi connectivity index (χ1) is 35.1. The molecule has 74 heavy (non-hydrogen) atoms. The Bertz CT molecular complexity index is 2230. The van der Waals surface area contributed by atoms with Crippen LogP contribution in [0.2, 0.25) is 0 Å². The SMILES string of the molecule is C=C(CCOCC(CCCCC(=O)Cc1c(F)c(F)c(F)c(F)c1P)(COCCCC(=C)Oc1c(F)c(F)c(F)c(F)c1P)NC(=O)CCCCCOCCOCCOCCN)Oc1c(F)c(F)c(F)c(P)c1F. The van der Waals surface area contributed by atoms with Crippen LogP contribution in [0.5, 0.6) is 11.5 Å². The summed E-state index contributed by atoms with van der Waals surface area (Å²) in [5.74, 6) is -26.4. The summed E-state index contributed by atoms with van der Waals surface area (Å²) in [4.78, 5) is 26.6. The zero-order valence-electron chi connectivity index (χ0n) is 40.2. The Balaban J connectivity index is 1.76. The number of nitrogens with one attached hydrogen (secondary N) is 1. The summed E-state index contributed by atoms with van der Waals surface area (Å²) in [6.45, 7) is 8.68. The van der Waals surface area contributed by atoms with Gasteiger partial charge in [0.25, 0.3) is 0 Å². The van der Waals surface area contributed by atoms with Gasteiger partial charge in [-0.05, 0) is 32.1 Å². The van der Waals surface area contributed by atoms with Crippen LogP contribution in [0.1, 0.15) is 76.2 Å². The molecule has 1 amide bonds. The second-order valence-electron chi connectivity index (χ2n) is 16.6. The molecule has 0 saturated heterocycles. The van der Waals surface area contributed by atoms with Gasteiger partial charge in [0, 0.05) is 68.0 Å². The minimum atomic E-state index is -2.10. The predicted molar refractivity (Wildman–Crippen MR) is 260 cm³/mol. The Hall–Kier alpha value is -3.91. The molecule has 26 heteroatoms. The Morgan fingerprint density at radius 2 is 0.946 bits per heavy atom. The molecule has 0 aliphatic carbocycles. The summed E-state index contributed by atoms with van der Waals surface area (Å²) >= 11 is 0. The number of rotatable bonds is 37. The summed E-state index contributed by atoms with van der Waals surface area (Å²) < 4.78 is 208. The molecule has 0 bridgehead atoms. The molecule has 11 nitrogen and oxygen atoms in total. The standard InChI is InChI=1S/C48H59F12N2O9P3/c1-26(71-44-38(56)33(51)35(53)41(59)47(44)74)9-8-16-68-24-48(62-30(64)11-4-3-7-15-65-19-21-67-22-20-66-18-14-61,13-6-5-10-28(63)23-29-31(49)32(50)34(52)39(57)45(29)72)25-69-17-12-27(2)70-43-37(55)36(54)40(58)46(73)42(43)60/h1-25,61,72-74H2,(H,62,64). The molecule has 0 aromatic heterocycles. The molecule has 414 valence electrons. The first-order valence-corrected chi connectivity index (χ1v) is 24.8. The van der Waals surface area contributed by atoms with Crippen molar-refractivity contribution in [3.8, 4) is 11.5 Å². The number of benzene rings is 3. The van der Waals surface area contributed by atoms with Crippen LogP contribution in [0.15, 0.2) is 24.7 Å². The lowest BCUT2D eigenvalue weighted by molar-refractivity contribution is -0.126. The maximum atomic E-state index is 14.7. The van der Waals surface area contributed by atoms with Crippen LogP contribution in [0.4, 0.5) is 52.7 Å². The molecule has 3 aromatic carbocycles. The molecule has 0 aliphatic rings. The van der Waals surface area contributed by atoms with E-state index in [1.807, 2.05) is 0 Å². The molecule has 0 aliphatic heterocycles. The van der Waals surface area contributed by atoms with E-state index in [4.69, 9.17) is 38.9 Å². The Morgan fingerprint density at radius 3 is 1.59 bits per heavy atom. The van der Waals surface area contributed by atoms with Gasteiger partial charge in [-0.3, -0.25) is 9.59 Å². The van der Waals surface area contributed by atoms with Gasteiger partial charge in [-0.15, -0.1) is 9.24 Å². The zero-order valence-corrected chi connectivity index (χ0v) is 43.7. The summed E-state index contributed by atoms with van der Waals surface area (Å²) in [6.07, 6.45) is 0.319. The first kappa shape index (κ1) is 64.4. The van der Waals surface area contributed by atoms with E-state index in [1.54, 1.807) is 27.7 Å². The number of ketones is 1. The van der Waals surface area contributed by atoms with Crippen molar-refractivity contribution in [1.82, 2.24) is 5.32 Å². The van der Waals surface area contributed by atoms with Crippen LogP contribution in [0, 0.1) is 69.8 Å². The van der Waals surface area contributed by atoms with Gasteiger partial charge in [0.2, 0.25) is 29.1 Å². The third-order valence-electron chi connectivity index (χ3n) is 10.8. The van der Waals surface area contributed by atoms with E-state index in [-0.39, 0.29) is 89.3 Å². The van der Waals surface area contributed by atoms with Gasteiger partial charge in [0.05, 0.1) is 75.2 Å². The highest BCUT2D eigenvalue weighted by molar-refractivity contribution is 7.28. The van der Waals surface area contributed by atoms with Gasteiger partial charge < -0.3 is 44.2 Å². The van der Waals surface area contributed by atoms with Crippen molar-refractivity contribution >= 4 is 55.3 Å². The molecule has 3 rings (SSSR count). The number of halogens is 12. The van der Waals surface area contributed by atoms with E-state index in [2.05, 4.69) is 18.5 Å². The highest BCUT2D eigenvalue weighted by Crippen LogP contribution is 2.30. The first-order valence-electron chi connectivity index (χ1n) is 23.0. The number of hydrogen-bond acceptors (Lipinski definition) is 10. The van der Waals surface area contributed by atoms with E-state index >= 15 is 0 Å². The van der Waals surface area contributed by atoms with Crippen molar-refractivity contribution in [3.05, 3.63) is 100 Å². The van der Waals surface area contributed by atoms with E-state index < -0.39 is 126 Å². The largest absolute Gasteiger partial charge is 0.458 e. The normalized spacial score (nSPS) is 12.3. The van der Waals surface area contributed by atoms with Crippen molar-refractivity contribution in [2.24, 2.45) is 5.73 Å². The molecular weight excluding hydrogens is 1070 g/mol. The smallest absolute Gasteiger partial charge is 0.220 e. The van der Waals surface area contributed by atoms with E-state index in [9.17, 15) is 62.3 Å². The molecule has 0 fully saturated rings. The lowest BCUT2D eigenvalue weighted by atomic mass is 9.92. The number of ether oxygens (including phenoxy) is 7. The molecule has 4 unspecified atom stereocenters. The third-order valence-corrected chi connectivity index (χ3v) is 12.4. The number of amides is 1. The molecule has 4 atom stereocenters. The van der Waals surface area contributed by atoms with Crippen molar-refractivity contribution < 1.29 is 95.4 Å². The number of unbranched alkanes of at least 4 members (excludes halogenated alkanes) is 3. The summed E-state index contributed by atoms with van der Waals surface area (Å²) in [7, 11) is 5.03. The van der Waals surface area contributed by atoms with E-state index in [1.165, 1.54) is 0 Å². The van der Waals surface area contributed by atoms with Crippen LogP contribution >= 0.6 is 27.7 Å². The van der Waals surface area contributed by atoms with Crippen LogP contribution < -0.4 is 36.4 Å². The zero-order chi connectivity index (χ0) is 55.1. The monoisotopic (exact) mass is 1130 g/mol. The Labute approximate surface area is 427 Å². The van der Waals surface area contributed by atoms with E-state index in [0.717, 1.165) is 0 Å². The van der Waals surface area contributed by atoms with Crippen molar-refractivity contribution in [1.29, 1.82) is 0 Å². The van der Waals surface area contributed by atoms with Crippen molar-refractivity contribution in [2.75, 3.05) is 72.6 Å². The van der Waals surface area contributed by atoms with Crippen LogP contribution in [0.3, 0.4) is 0 Å². The highest BCUT2D eigenvalue weighted by atomic mass is 31.0. The average Bonchev–Trinajstić information content (AvgIpc) is 3.38. The Kier molecular flexibility index (Phi) is 28.4. The quantitative estimate of drug-likeness (QED) is 0.0145. The number of nitrogens with two attached hydrogens (primary N) is 1. The number of hydrogen-bond donors (Lipinski definition) is 2. The number of allylic oxidation sites excluding steroid dienone is 1. The molecule has 3 N–H and O–H groups in total. The molecular formula is C48H59F12N2O9P3. The molecule has 0 saturated carbocycles. The van der Waals surface area contributed by atoms with E-state index in [0.29, 0.717) is 65.4 Å². The minimum Gasteiger partial charge on any atom is -0.458 e. The lowest BCUT2D eigenvalue weighted by Crippen LogP contribution is -2.55. The predicted octanol–water partition coefficient (Wildman–Crippen LogP) is 8.34. The van der Waals surface area contributed by atoms with Gasteiger partial charge in [0.15, 0.2) is 58.1 Å². The highest BCUT2D eigenvalue weighted by Gasteiger charge is 2.34. The summed E-state index contributed by atoms with van der Waals surface area (Å²) in [5, 5.41) is 0.595. The average molecular weight is 1130 g/mol. The van der Waals surface area contributed by atoms with Gasteiger partial charge in [-0.2, -0.15) is 8.78 Å². The lowest BCUT2D eigenvalue weighted by Gasteiger charge is -2.35. The second-order valence-corrected chi connectivity index (χ2v) is 18.3. The maximum absolute atomic E-state index is 14.7. The fourth-order valence-corrected chi connectivity index (χ4v) is 7.76.